The van der Waals surface area contributed by atoms with E-state index >= 15 is 0 Å². The summed E-state index contributed by atoms with van der Waals surface area (Å²) in [5.41, 5.74) is 2.16. The maximum atomic E-state index is 6.01. The van der Waals surface area contributed by atoms with Crippen molar-refractivity contribution in [2.24, 2.45) is 0 Å². The molecule has 1 atom stereocenters. The summed E-state index contributed by atoms with van der Waals surface area (Å²) in [6.45, 7) is 2.08. The molecular weight excluding hydrogens is 278 g/mol. The molecular formula is C15H14ClNOS. The lowest BCUT2D eigenvalue weighted by molar-refractivity contribution is 0.495. The maximum absolute atomic E-state index is 6.01. The molecule has 3 rings (SSSR count). The first kappa shape index (κ1) is 12.7. The number of fused-ring (bicyclic) bond motifs is 1. The van der Waals surface area contributed by atoms with Crippen molar-refractivity contribution in [3.63, 3.8) is 0 Å². The van der Waals surface area contributed by atoms with Gasteiger partial charge in [-0.25, -0.2) is 0 Å². The summed E-state index contributed by atoms with van der Waals surface area (Å²) in [6.07, 6.45) is 0. The Labute approximate surface area is 121 Å². The second-order valence-electron chi connectivity index (χ2n) is 4.55. The maximum Gasteiger partial charge on any atom is 0.134 e. The van der Waals surface area contributed by atoms with Crippen LogP contribution in [-0.4, -0.2) is 7.05 Å². The molecule has 2 nitrogen and oxygen atoms in total. The average molecular weight is 292 g/mol. The summed E-state index contributed by atoms with van der Waals surface area (Å²) >= 11 is 7.58. The van der Waals surface area contributed by atoms with Crippen LogP contribution in [0.1, 0.15) is 22.2 Å². The highest BCUT2D eigenvalue weighted by Gasteiger charge is 2.18. The molecule has 0 radical (unpaired) electrons. The molecule has 0 amide bonds. The fourth-order valence-electron chi connectivity index (χ4n) is 2.23. The lowest BCUT2D eigenvalue weighted by Crippen LogP contribution is -2.15. The third kappa shape index (κ3) is 2.41. The fraction of sp³-hybridized carbons (Fsp3) is 0.200. The zero-order chi connectivity index (χ0) is 13.4. The van der Waals surface area contributed by atoms with E-state index in [1.807, 2.05) is 25.2 Å². The van der Waals surface area contributed by atoms with Crippen LogP contribution in [-0.2, 0) is 0 Å². The third-order valence-electron chi connectivity index (χ3n) is 3.14. The van der Waals surface area contributed by atoms with Crippen LogP contribution in [0.25, 0.3) is 11.0 Å². The van der Waals surface area contributed by atoms with E-state index in [9.17, 15) is 0 Å². The van der Waals surface area contributed by atoms with Crippen LogP contribution in [0.15, 0.2) is 40.8 Å². The standard InChI is InChI=1S/C15H14ClNOS/c1-9-3-4-11-10(7-9)8-12(18-11)15(17-2)13-5-6-14(16)19-13/h3-8,15,17H,1-2H3. The van der Waals surface area contributed by atoms with Gasteiger partial charge >= 0.3 is 0 Å². The van der Waals surface area contributed by atoms with Gasteiger partial charge in [-0.05, 0) is 44.3 Å². The summed E-state index contributed by atoms with van der Waals surface area (Å²) < 4.78 is 6.73. The van der Waals surface area contributed by atoms with Gasteiger partial charge < -0.3 is 9.73 Å². The van der Waals surface area contributed by atoms with Crippen LogP contribution in [0, 0.1) is 6.92 Å². The van der Waals surface area contributed by atoms with Crippen LogP contribution in [0.4, 0.5) is 0 Å². The molecule has 0 aliphatic carbocycles. The Hall–Kier alpha value is -1.29. The van der Waals surface area contributed by atoms with E-state index in [0.29, 0.717) is 0 Å². The molecule has 1 aromatic carbocycles. The Morgan fingerprint density at radius 3 is 2.74 bits per heavy atom. The number of halogens is 1. The normalized spacial score (nSPS) is 13.0. The van der Waals surface area contributed by atoms with Crippen molar-refractivity contribution in [2.45, 2.75) is 13.0 Å². The van der Waals surface area contributed by atoms with Gasteiger partial charge in [0.05, 0.1) is 4.34 Å². The molecule has 0 fully saturated rings. The van der Waals surface area contributed by atoms with Gasteiger partial charge in [-0.1, -0.05) is 23.2 Å². The Morgan fingerprint density at radius 2 is 2.05 bits per heavy atom. The Balaban J connectivity index is 2.06. The minimum absolute atomic E-state index is 0.0465. The summed E-state index contributed by atoms with van der Waals surface area (Å²) in [5, 5.41) is 4.42. The number of nitrogens with one attached hydrogen (secondary N) is 1. The Morgan fingerprint density at radius 1 is 1.21 bits per heavy atom. The summed E-state index contributed by atoms with van der Waals surface area (Å²) in [6, 6.07) is 12.3. The van der Waals surface area contributed by atoms with E-state index in [2.05, 4.69) is 30.4 Å². The van der Waals surface area contributed by atoms with E-state index in [1.54, 1.807) is 11.3 Å². The smallest absolute Gasteiger partial charge is 0.134 e. The van der Waals surface area contributed by atoms with E-state index in [0.717, 1.165) is 25.9 Å². The fourth-order valence-corrected chi connectivity index (χ4v) is 3.41. The van der Waals surface area contributed by atoms with Gasteiger partial charge in [0.15, 0.2) is 0 Å². The van der Waals surface area contributed by atoms with Gasteiger partial charge in [-0.2, -0.15) is 0 Å². The lowest BCUT2D eigenvalue weighted by atomic mass is 10.1. The zero-order valence-corrected chi connectivity index (χ0v) is 12.3. The number of benzene rings is 1. The van der Waals surface area contributed by atoms with E-state index in [-0.39, 0.29) is 6.04 Å². The van der Waals surface area contributed by atoms with E-state index in [1.165, 1.54) is 5.56 Å². The number of furan rings is 1. The predicted molar refractivity (Wildman–Crippen MR) is 81.2 cm³/mol. The van der Waals surface area contributed by atoms with Crippen molar-refractivity contribution in [2.75, 3.05) is 7.05 Å². The van der Waals surface area contributed by atoms with Crippen molar-refractivity contribution in [3.8, 4) is 0 Å². The highest BCUT2D eigenvalue weighted by atomic mass is 35.5. The van der Waals surface area contributed by atoms with E-state index in [4.69, 9.17) is 16.0 Å². The first-order valence-electron chi connectivity index (χ1n) is 6.10. The Kier molecular flexibility index (Phi) is 3.35. The predicted octanol–water partition coefficient (Wildman–Crippen LogP) is 4.76. The Bertz CT molecular complexity index is 716. The van der Waals surface area contributed by atoms with Crippen LogP contribution in [0.3, 0.4) is 0 Å². The molecule has 2 aromatic heterocycles. The highest BCUT2D eigenvalue weighted by Crippen LogP contribution is 2.33. The van der Waals surface area contributed by atoms with Crippen molar-refractivity contribution in [1.29, 1.82) is 0 Å². The zero-order valence-electron chi connectivity index (χ0n) is 10.7. The van der Waals surface area contributed by atoms with Crippen molar-refractivity contribution in [3.05, 3.63) is 56.9 Å². The number of hydrogen-bond donors (Lipinski definition) is 1. The van der Waals surface area contributed by atoms with E-state index < -0.39 is 0 Å². The van der Waals surface area contributed by atoms with Crippen LogP contribution in [0.5, 0.6) is 0 Å². The topological polar surface area (TPSA) is 25.2 Å². The first-order valence-corrected chi connectivity index (χ1v) is 7.29. The lowest BCUT2D eigenvalue weighted by Gasteiger charge is -2.10. The molecule has 1 unspecified atom stereocenters. The van der Waals surface area contributed by atoms with Crippen molar-refractivity contribution < 1.29 is 4.42 Å². The van der Waals surface area contributed by atoms with Crippen LogP contribution in [0.2, 0.25) is 4.34 Å². The molecule has 0 aliphatic rings. The molecule has 1 N–H and O–H groups in total. The van der Waals surface area contributed by atoms with Gasteiger partial charge in [0, 0.05) is 10.3 Å². The molecule has 2 heterocycles. The van der Waals surface area contributed by atoms with Crippen LogP contribution < -0.4 is 5.32 Å². The molecule has 0 bridgehead atoms. The second kappa shape index (κ2) is 5.00. The number of rotatable bonds is 3. The van der Waals surface area contributed by atoms with Gasteiger partial charge in [-0.3, -0.25) is 0 Å². The van der Waals surface area contributed by atoms with Crippen molar-refractivity contribution >= 4 is 33.9 Å². The monoisotopic (exact) mass is 291 g/mol. The SMILES string of the molecule is CNC(c1cc2cc(C)ccc2o1)c1ccc(Cl)s1. The van der Waals surface area contributed by atoms with Gasteiger partial charge in [0.1, 0.15) is 17.4 Å². The summed E-state index contributed by atoms with van der Waals surface area (Å²) in [5.74, 6) is 0.918. The molecule has 0 saturated heterocycles. The molecule has 0 aliphatic heterocycles. The van der Waals surface area contributed by atoms with Gasteiger partial charge in [0.25, 0.3) is 0 Å². The molecule has 19 heavy (non-hydrogen) atoms. The highest BCUT2D eigenvalue weighted by molar-refractivity contribution is 7.16. The first-order chi connectivity index (χ1) is 9.17. The van der Waals surface area contributed by atoms with Gasteiger partial charge in [-0.15, -0.1) is 11.3 Å². The number of hydrogen-bond acceptors (Lipinski definition) is 3. The average Bonchev–Trinajstić information content (AvgIpc) is 2.96. The minimum Gasteiger partial charge on any atom is -0.459 e. The molecule has 0 spiro atoms. The second-order valence-corrected chi connectivity index (χ2v) is 6.30. The third-order valence-corrected chi connectivity index (χ3v) is 4.44. The number of aryl methyl sites for hydroxylation is 1. The minimum atomic E-state index is 0.0465. The molecule has 4 heteroatoms. The number of thiophene rings is 1. The summed E-state index contributed by atoms with van der Waals surface area (Å²) in [7, 11) is 1.93. The summed E-state index contributed by atoms with van der Waals surface area (Å²) in [4.78, 5) is 1.16. The molecule has 0 saturated carbocycles. The van der Waals surface area contributed by atoms with Crippen molar-refractivity contribution in [1.82, 2.24) is 5.32 Å². The quantitative estimate of drug-likeness (QED) is 0.752. The van der Waals surface area contributed by atoms with Gasteiger partial charge in [0.2, 0.25) is 0 Å². The molecule has 98 valence electrons. The largest absolute Gasteiger partial charge is 0.459 e. The molecule has 3 aromatic rings. The van der Waals surface area contributed by atoms with Crippen LogP contribution >= 0.6 is 22.9 Å².